The van der Waals surface area contributed by atoms with E-state index >= 15 is 0 Å². The van der Waals surface area contributed by atoms with Crippen LogP contribution in [-0.4, -0.2) is 21.8 Å². The number of hydrogen-bond acceptors (Lipinski definition) is 6. The molecule has 7 heteroatoms. The number of thioether (sulfide) groups is 1. The Labute approximate surface area is 150 Å². The van der Waals surface area contributed by atoms with Crippen molar-refractivity contribution in [3.05, 3.63) is 53.4 Å². The number of hydrogen-bond donors (Lipinski definition) is 1. The van der Waals surface area contributed by atoms with E-state index in [1.807, 2.05) is 38.1 Å². The highest BCUT2D eigenvalue weighted by Gasteiger charge is 2.10. The molecule has 0 bridgehead atoms. The molecule has 0 saturated heterocycles. The maximum atomic E-state index is 12.1. The minimum absolute atomic E-state index is 0.0416. The number of carbonyl (C=O) groups excluding carboxylic acids is 1. The largest absolute Gasteiger partial charge is 0.441 e. The van der Waals surface area contributed by atoms with Gasteiger partial charge in [-0.15, -0.1) is 11.8 Å². The van der Waals surface area contributed by atoms with Gasteiger partial charge in [0, 0.05) is 29.5 Å². The number of carbonyl (C=O) groups is 1. The smallest absolute Gasteiger partial charge is 0.234 e. The zero-order valence-corrected chi connectivity index (χ0v) is 15.1. The number of amides is 1. The van der Waals surface area contributed by atoms with E-state index in [4.69, 9.17) is 8.94 Å². The first-order valence-electron chi connectivity index (χ1n) is 7.85. The summed E-state index contributed by atoms with van der Waals surface area (Å²) in [5.74, 6) is 3.18. The number of aryl methyl sites for hydroxylation is 3. The maximum Gasteiger partial charge on any atom is 0.234 e. The molecule has 0 atom stereocenters. The quantitative estimate of drug-likeness (QED) is 0.714. The molecule has 0 radical (unpaired) electrons. The zero-order valence-electron chi connectivity index (χ0n) is 14.3. The summed E-state index contributed by atoms with van der Waals surface area (Å²) in [6.07, 6.45) is 1.69. The summed E-state index contributed by atoms with van der Waals surface area (Å²) in [6.45, 7) is 5.59. The predicted molar refractivity (Wildman–Crippen MR) is 97.4 cm³/mol. The molecule has 0 aliphatic carbocycles. The van der Waals surface area contributed by atoms with Crippen LogP contribution in [0.5, 0.6) is 0 Å². The Morgan fingerprint density at radius 1 is 1.20 bits per heavy atom. The van der Waals surface area contributed by atoms with Gasteiger partial charge in [-0.05, 0) is 38.1 Å². The number of nitrogens with one attached hydrogen (secondary N) is 1. The molecule has 0 spiro atoms. The second-order valence-corrected chi connectivity index (χ2v) is 6.65. The van der Waals surface area contributed by atoms with Gasteiger partial charge in [0.05, 0.1) is 17.6 Å². The number of anilines is 1. The van der Waals surface area contributed by atoms with Gasteiger partial charge in [-0.3, -0.25) is 4.79 Å². The van der Waals surface area contributed by atoms with Crippen molar-refractivity contribution in [3.8, 4) is 11.3 Å². The molecule has 0 aliphatic heterocycles. The second kappa shape index (κ2) is 7.57. The Hall–Kier alpha value is -2.54. The van der Waals surface area contributed by atoms with E-state index < -0.39 is 0 Å². The Balaban J connectivity index is 1.51. The number of aromatic nitrogens is 2. The first kappa shape index (κ1) is 17.3. The fourth-order valence-corrected chi connectivity index (χ4v) is 3.34. The molecule has 25 heavy (non-hydrogen) atoms. The molecule has 3 rings (SSSR count). The Bertz CT molecular complexity index is 849. The Kier molecular flexibility index (Phi) is 5.23. The van der Waals surface area contributed by atoms with Gasteiger partial charge in [0.25, 0.3) is 0 Å². The molecule has 6 nitrogen and oxygen atoms in total. The van der Waals surface area contributed by atoms with E-state index in [-0.39, 0.29) is 5.91 Å². The van der Waals surface area contributed by atoms with Gasteiger partial charge in [-0.1, -0.05) is 5.16 Å². The minimum Gasteiger partial charge on any atom is -0.441 e. The van der Waals surface area contributed by atoms with Gasteiger partial charge in [0.1, 0.15) is 5.76 Å². The van der Waals surface area contributed by atoms with Gasteiger partial charge in [0.15, 0.2) is 11.7 Å². The molecular weight excluding hydrogens is 338 g/mol. The van der Waals surface area contributed by atoms with Gasteiger partial charge in [0.2, 0.25) is 5.91 Å². The number of rotatable bonds is 6. The van der Waals surface area contributed by atoms with Crippen LogP contribution in [0.1, 0.15) is 22.9 Å². The van der Waals surface area contributed by atoms with Crippen molar-refractivity contribution >= 4 is 23.4 Å². The van der Waals surface area contributed by atoms with Gasteiger partial charge < -0.3 is 14.3 Å². The standard InChI is InChI=1S/C18H19N3O3S/c1-11-16(12(2)24-21-11)9-25-10-18(22)20-15-6-4-14(5-7-15)17-8-19-13(3)23-17/h4-8H,9-10H2,1-3H3,(H,20,22). The minimum atomic E-state index is -0.0416. The van der Waals surface area contributed by atoms with Crippen molar-refractivity contribution in [1.82, 2.24) is 10.1 Å². The molecule has 2 aromatic heterocycles. The zero-order chi connectivity index (χ0) is 17.8. The van der Waals surface area contributed by atoms with Crippen LogP contribution in [-0.2, 0) is 10.5 Å². The lowest BCUT2D eigenvalue weighted by molar-refractivity contribution is -0.113. The third kappa shape index (κ3) is 4.30. The summed E-state index contributed by atoms with van der Waals surface area (Å²) in [6, 6.07) is 7.49. The highest BCUT2D eigenvalue weighted by molar-refractivity contribution is 7.99. The molecule has 3 aromatic rings. The fourth-order valence-electron chi connectivity index (χ4n) is 2.36. The van der Waals surface area contributed by atoms with Crippen LogP contribution in [0.25, 0.3) is 11.3 Å². The molecule has 0 fully saturated rings. The van der Waals surface area contributed by atoms with Crippen LogP contribution < -0.4 is 5.32 Å². The molecule has 2 heterocycles. The van der Waals surface area contributed by atoms with Gasteiger partial charge >= 0.3 is 0 Å². The molecule has 0 saturated carbocycles. The molecule has 1 N–H and O–H groups in total. The number of oxazole rings is 1. The lowest BCUT2D eigenvalue weighted by Gasteiger charge is -2.06. The predicted octanol–water partition coefficient (Wildman–Crippen LogP) is 4.13. The molecule has 1 aromatic carbocycles. The normalized spacial score (nSPS) is 10.8. The average Bonchev–Trinajstić information content (AvgIpc) is 3.16. The van der Waals surface area contributed by atoms with Crippen LogP contribution in [0.2, 0.25) is 0 Å². The highest BCUT2D eigenvalue weighted by atomic mass is 32.2. The van der Waals surface area contributed by atoms with E-state index in [9.17, 15) is 4.79 Å². The summed E-state index contributed by atoms with van der Waals surface area (Å²) in [7, 11) is 0. The highest BCUT2D eigenvalue weighted by Crippen LogP contribution is 2.23. The molecule has 130 valence electrons. The molecule has 0 unspecified atom stereocenters. The van der Waals surface area contributed by atoms with Crippen molar-refractivity contribution in [2.24, 2.45) is 0 Å². The van der Waals surface area contributed by atoms with Crippen LogP contribution >= 0.6 is 11.8 Å². The number of benzene rings is 1. The SMILES string of the molecule is Cc1ncc(-c2ccc(NC(=O)CSCc3c(C)noc3C)cc2)o1. The summed E-state index contributed by atoms with van der Waals surface area (Å²) >= 11 is 1.53. The van der Waals surface area contributed by atoms with Crippen molar-refractivity contribution in [2.75, 3.05) is 11.1 Å². The lowest BCUT2D eigenvalue weighted by atomic mass is 10.2. The van der Waals surface area contributed by atoms with Crippen molar-refractivity contribution in [2.45, 2.75) is 26.5 Å². The van der Waals surface area contributed by atoms with Crippen molar-refractivity contribution < 1.29 is 13.7 Å². The van der Waals surface area contributed by atoms with Crippen LogP contribution in [0.3, 0.4) is 0 Å². The van der Waals surface area contributed by atoms with Crippen molar-refractivity contribution in [3.63, 3.8) is 0 Å². The lowest BCUT2D eigenvalue weighted by Crippen LogP contribution is -2.14. The van der Waals surface area contributed by atoms with E-state index in [0.29, 0.717) is 23.2 Å². The van der Waals surface area contributed by atoms with Crippen LogP contribution in [0.15, 0.2) is 39.4 Å². The average molecular weight is 357 g/mol. The van der Waals surface area contributed by atoms with E-state index in [1.165, 1.54) is 11.8 Å². The summed E-state index contributed by atoms with van der Waals surface area (Å²) in [4.78, 5) is 16.2. The van der Waals surface area contributed by atoms with Gasteiger partial charge in [-0.2, -0.15) is 0 Å². The van der Waals surface area contributed by atoms with E-state index in [1.54, 1.807) is 13.1 Å². The number of nitrogens with zero attached hydrogens (tertiary/aromatic N) is 2. The first-order valence-corrected chi connectivity index (χ1v) is 9.00. The first-order chi connectivity index (χ1) is 12.0. The fraction of sp³-hybridized carbons (Fsp3) is 0.278. The maximum absolute atomic E-state index is 12.1. The summed E-state index contributed by atoms with van der Waals surface area (Å²) in [5.41, 5.74) is 3.61. The third-order valence-corrected chi connectivity index (χ3v) is 4.69. The van der Waals surface area contributed by atoms with Crippen LogP contribution in [0, 0.1) is 20.8 Å². The summed E-state index contributed by atoms with van der Waals surface area (Å²) < 4.78 is 10.6. The Morgan fingerprint density at radius 3 is 2.56 bits per heavy atom. The van der Waals surface area contributed by atoms with Crippen LogP contribution in [0.4, 0.5) is 5.69 Å². The molecule has 1 amide bonds. The third-order valence-electron chi connectivity index (χ3n) is 3.74. The van der Waals surface area contributed by atoms with Gasteiger partial charge in [-0.25, -0.2) is 4.98 Å². The molecule has 0 aliphatic rings. The van der Waals surface area contributed by atoms with Crippen molar-refractivity contribution in [1.29, 1.82) is 0 Å². The molecular formula is C18H19N3O3S. The van der Waals surface area contributed by atoms with E-state index in [0.717, 1.165) is 28.3 Å². The summed E-state index contributed by atoms with van der Waals surface area (Å²) in [5, 5.41) is 6.81. The monoisotopic (exact) mass is 357 g/mol. The second-order valence-electron chi connectivity index (χ2n) is 5.66. The Morgan fingerprint density at radius 2 is 1.96 bits per heavy atom. The topological polar surface area (TPSA) is 81.2 Å². The van der Waals surface area contributed by atoms with E-state index in [2.05, 4.69) is 15.5 Å².